The molecule has 5 heteroatoms. The predicted molar refractivity (Wildman–Crippen MR) is 72.5 cm³/mol. The van der Waals surface area contributed by atoms with E-state index in [-0.39, 0.29) is 17.7 Å². The summed E-state index contributed by atoms with van der Waals surface area (Å²) in [4.78, 5) is 23.1. The topological polar surface area (TPSA) is 77.1 Å². The summed E-state index contributed by atoms with van der Waals surface area (Å²) in [5, 5.41) is 3.41. The predicted octanol–water partition coefficient (Wildman–Crippen LogP) is 1.28. The standard InChI is InChI=1S/C14H15N3O2/c1-17-11-4-2-9(15)6-8(11)7-12(17)10-3-5-13(18)16-14(10)19/h2,4,6-7,10H,3,5,15H2,1H3,(H,16,18,19). The van der Waals surface area contributed by atoms with Gasteiger partial charge in [0.15, 0.2) is 0 Å². The molecule has 2 heterocycles. The number of rotatable bonds is 1. The van der Waals surface area contributed by atoms with Crippen LogP contribution in [-0.2, 0) is 16.6 Å². The molecule has 1 fully saturated rings. The van der Waals surface area contributed by atoms with E-state index in [4.69, 9.17) is 5.73 Å². The lowest BCUT2D eigenvalue weighted by Crippen LogP contribution is -2.40. The molecule has 0 saturated carbocycles. The molecule has 1 aromatic heterocycles. The summed E-state index contributed by atoms with van der Waals surface area (Å²) in [7, 11) is 1.93. The van der Waals surface area contributed by atoms with Crippen molar-refractivity contribution in [2.75, 3.05) is 5.73 Å². The van der Waals surface area contributed by atoms with Crippen LogP contribution in [0.5, 0.6) is 0 Å². The average molecular weight is 257 g/mol. The first-order chi connectivity index (χ1) is 9.06. The van der Waals surface area contributed by atoms with Gasteiger partial charge in [0.2, 0.25) is 11.8 Å². The second-order valence-electron chi connectivity index (χ2n) is 4.95. The van der Waals surface area contributed by atoms with Crippen molar-refractivity contribution in [3.8, 4) is 0 Å². The second kappa shape index (κ2) is 4.12. The molecule has 1 aliphatic rings. The third-order valence-electron chi connectivity index (χ3n) is 3.70. The van der Waals surface area contributed by atoms with Crippen molar-refractivity contribution in [1.29, 1.82) is 0 Å². The number of nitrogen functional groups attached to an aromatic ring is 1. The van der Waals surface area contributed by atoms with Gasteiger partial charge in [-0.1, -0.05) is 0 Å². The number of carbonyl (C=O) groups is 2. The summed E-state index contributed by atoms with van der Waals surface area (Å²) in [5.41, 5.74) is 8.43. The second-order valence-corrected chi connectivity index (χ2v) is 4.95. The van der Waals surface area contributed by atoms with E-state index < -0.39 is 0 Å². The lowest BCUT2D eigenvalue weighted by Gasteiger charge is -2.21. The smallest absolute Gasteiger partial charge is 0.235 e. The monoisotopic (exact) mass is 257 g/mol. The summed E-state index contributed by atoms with van der Waals surface area (Å²) in [6.45, 7) is 0. The number of piperidine rings is 1. The van der Waals surface area contributed by atoms with Gasteiger partial charge in [0, 0.05) is 35.8 Å². The number of nitrogens with two attached hydrogens (primary N) is 1. The largest absolute Gasteiger partial charge is 0.399 e. The van der Waals surface area contributed by atoms with Gasteiger partial charge >= 0.3 is 0 Å². The van der Waals surface area contributed by atoms with Crippen LogP contribution in [0.1, 0.15) is 24.5 Å². The van der Waals surface area contributed by atoms with Crippen molar-refractivity contribution in [2.24, 2.45) is 7.05 Å². The van der Waals surface area contributed by atoms with E-state index in [0.717, 1.165) is 16.6 Å². The van der Waals surface area contributed by atoms with Crippen LogP contribution in [0, 0.1) is 0 Å². The lowest BCUT2D eigenvalue weighted by atomic mass is 9.94. The van der Waals surface area contributed by atoms with Gasteiger partial charge < -0.3 is 10.3 Å². The summed E-state index contributed by atoms with van der Waals surface area (Å²) in [6.07, 6.45) is 0.949. The lowest BCUT2D eigenvalue weighted by molar-refractivity contribution is -0.134. The molecule has 2 aromatic rings. The van der Waals surface area contributed by atoms with Gasteiger partial charge in [0.05, 0.1) is 5.92 Å². The first-order valence-corrected chi connectivity index (χ1v) is 6.25. The van der Waals surface area contributed by atoms with Gasteiger partial charge in [0.25, 0.3) is 0 Å². The highest BCUT2D eigenvalue weighted by Crippen LogP contribution is 2.30. The maximum absolute atomic E-state index is 11.9. The number of fused-ring (bicyclic) bond motifs is 1. The number of nitrogens with zero attached hydrogens (tertiary/aromatic N) is 1. The van der Waals surface area contributed by atoms with Crippen LogP contribution in [-0.4, -0.2) is 16.4 Å². The summed E-state index contributed by atoms with van der Waals surface area (Å²) in [6, 6.07) is 7.66. The number of benzene rings is 1. The van der Waals surface area contributed by atoms with Crippen molar-refractivity contribution >= 4 is 28.4 Å². The van der Waals surface area contributed by atoms with Gasteiger partial charge in [-0.15, -0.1) is 0 Å². The molecule has 1 aliphatic heterocycles. The minimum atomic E-state index is -0.267. The van der Waals surface area contributed by atoms with Crippen molar-refractivity contribution < 1.29 is 9.59 Å². The molecule has 98 valence electrons. The van der Waals surface area contributed by atoms with Crippen molar-refractivity contribution in [2.45, 2.75) is 18.8 Å². The molecule has 0 radical (unpaired) electrons. The maximum atomic E-state index is 11.9. The highest BCUT2D eigenvalue weighted by Gasteiger charge is 2.30. The average Bonchev–Trinajstić information content (AvgIpc) is 2.66. The van der Waals surface area contributed by atoms with E-state index in [9.17, 15) is 9.59 Å². The Morgan fingerprint density at radius 3 is 2.84 bits per heavy atom. The van der Waals surface area contributed by atoms with Crippen LogP contribution in [0.4, 0.5) is 5.69 Å². The molecule has 3 rings (SSSR count). The molecule has 3 N–H and O–H groups in total. The SMILES string of the molecule is Cn1c(C2CCC(=O)NC2=O)cc2cc(N)ccc21. The first-order valence-electron chi connectivity index (χ1n) is 6.25. The van der Waals surface area contributed by atoms with Crippen molar-refractivity contribution in [3.63, 3.8) is 0 Å². The number of imide groups is 1. The summed E-state index contributed by atoms with van der Waals surface area (Å²) >= 11 is 0. The Hall–Kier alpha value is -2.30. The van der Waals surface area contributed by atoms with E-state index >= 15 is 0 Å². The highest BCUT2D eigenvalue weighted by molar-refractivity contribution is 6.01. The van der Waals surface area contributed by atoms with Gasteiger partial charge in [-0.2, -0.15) is 0 Å². The molecule has 0 aliphatic carbocycles. The maximum Gasteiger partial charge on any atom is 0.235 e. The van der Waals surface area contributed by atoms with Crippen LogP contribution < -0.4 is 11.1 Å². The van der Waals surface area contributed by atoms with Crippen molar-refractivity contribution in [3.05, 3.63) is 30.0 Å². The molecule has 2 amide bonds. The molecule has 5 nitrogen and oxygen atoms in total. The Morgan fingerprint density at radius 2 is 2.11 bits per heavy atom. The fraction of sp³-hybridized carbons (Fsp3) is 0.286. The van der Waals surface area contributed by atoms with Crippen LogP contribution in [0.3, 0.4) is 0 Å². The minimum absolute atomic E-state index is 0.191. The molecule has 19 heavy (non-hydrogen) atoms. The number of aromatic nitrogens is 1. The molecule has 1 atom stereocenters. The van der Waals surface area contributed by atoms with Crippen LogP contribution in [0.25, 0.3) is 10.9 Å². The van der Waals surface area contributed by atoms with E-state index in [1.807, 2.05) is 35.9 Å². The Labute approximate surface area is 110 Å². The Bertz CT molecular complexity index is 687. The number of carbonyl (C=O) groups excluding carboxylic acids is 2. The number of amides is 2. The fourth-order valence-electron chi connectivity index (χ4n) is 2.70. The van der Waals surface area contributed by atoms with Gasteiger partial charge in [-0.3, -0.25) is 14.9 Å². The number of nitrogens with one attached hydrogen (secondary N) is 1. The number of hydrogen-bond acceptors (Lipinski definition) is 3. The molecule has 1 aromatic carbocycles. The molecular formula is C14H15N3O2. The molecular weight excluding hydrogens is 242 g/mol. The third kappa shape index (κ3) is 1.87. The number of anilines is 1. The zero-order valence-electron chi connectivity index (χ0n) is 10.6. The molecule has 0 spiro atoms. The quantitative estimate of drug-likeness (QED) is 0.597. The highest BCUT2D eigenvalue weighted by atomic mass is 16.2. The van der Waals surface area contributed by atoms with E-state index in [0.29, 0.717) is 18.5 Å². The van der Waals surface area contributed by atoms with Crippen LogP contribution in [0.2, 0.25) is 0 Å². The Balaban J connectivity index is 2.07. The van der Waals surface area contributed by atoms with Gasteiger partial charge in [-0.05, 0) is 30.7 Å². The van der Waals surface area contributed by atoms with Crippen LogP contribution >= 0.6 is 0 Å². The number of hydrogen-bond donors (Lipinski definition) is 2. The fourth-order valence-corrected chi connectivity index (χ4v) is 2.70. The van der Waals surface area contributed by atoms with Crippen LogP contribution in [0.15, 0.2) is 24.3 Å². The van der Waals surface area contributed by atoms with Crippen molar-refractivity contribution in [1.82, 2.24) is 9.88 Å². The minimum Gasteiger partial charge on any atom is -0.399 e. The molecule has 0 bridgehead atoms. The van der Waals surface area contributed by atoms with E-state index in [1.54, 1.807) is 0 Å². The summed E-state index contributed by atoms with van der Waals surface area (Å²) < 4.78 is 1.99. The Morgan fingerprint density at radius 1 is 1.32 bits per heavy atom. The third-order valence-corrected chi connectivity index (χ3v) is 3.70. The summed E-state index contributed by atoms with van der Waals surface area (Å²) in [5.74, 6) is -0.671. The number of aryl methyl sites for hydroxylation is 1. The van der Waals surface area contributed by atoms with Gasteiger partial charge in [-0.25, -0.2) is 0 Å². The normalized spacial score (nSPS) is 19.7. The zero-order valence-corrected chi connectivity index (χ0v) is 10.6. The zero-order chi connectivity index (χ0) is 13.6. The molecule has 1 saturated heterocycles. The Kier molecular flexibility index (Phi) is 2.55. The van der Waals surface area contributed by atoms with E-state index in [2.05, 4.69) is 5.32 Å². The van der Waals surface area contributed by atoms with Gasteiger partial charge in [0.1, 0.15) is 0 Å². The molecule has 1 unspecified atom stereocenters. The first kappa shape index (κ1) is 11.8. The van der Waals surface area contributed by atoms with E-state index in [1.165, 1.54) is 0 Å².